The SMILES string of the molecule is CCOC(=O)C(C#N)=Cc1cccc(C(F)(F)F)c1Cl. The van der Waals surface area contributed by atoms with Gasteiger partial charge in [-0.05, 0) is 24.6 Å². The number of halogens is 4. The minimum Gasteiger partial charge on any atom is -0.462 e. The zero-order valence-electron chi connectivity index (χ0n) is 10.3. The first kappa shape index (κ1) is 16.1. The summed E-state index contributed by atoms with van der Waals surface area (Å²) in [6.07, 6.45) is -3.65. The third kappa shape index (κ3) is 3.75. The van der Waals surface area contributed by atoms with Crippen LogP contribution >= 0.6 is 11.6 Å². The van der Waals surface area contributed by atoms with E-state index in [4.69, 9.17) is 16.9 Å². The number of hydrogen-bond acceptors (Lipinski definition) is 3. The molecule has 0 saturated heterocycles. The molecule has 0 radical (unpaired) electrons. The van der Waals surface area contributed by atoms with Crippen molar-refractivity contribution >= 4 is 23.6 Å². The minimum atomic E-state index is -4.61. The maximum Gasteiger partial charge on any atom is 0.417 e. The molecule has 0 heterocycles. The lowest BCUT2D eigenvalue weighted by atomic mass is 10.1. The zero-order valence-corrected chi connectivity index (χ0v) is 11.0. The first-order valence-corrected chi connectivity index (χ1v) is 5.83. The summed E-state index contributed by atoms with van der Waals surface area (Å²) in [7, 11) is 0. The fourth-order valence-electron chi connectivity index (χ4n) is 1.38. The molecule has 3 nitrogen and oxygen atoms in total. The van der Waals surface area contributed by atoms with Crippen LogP contribution in [0.3, 0.4) is 0 Å². The van der Waals surface area contributed by atoms with Crippen LogP contribution in [0.15, 0.2) is 23.8 Å². The number of rotatable bonds is 3. The van der Waals surface area contributed by atoms with Crippen molar-refractivity contribution in [2.45, 2.75) is 13.1 Å². The van der Waals surface area contributed by atoms with Crippen LogP contribution in [0, 0.1) is 11.3 Å². The first-order chi connectivity index (χ1) is 9.31. The predicted molar refractivity (Wildman–Crippen MR) is 66.7 cm³/mol. The molecule has 0 aliphatic rings. The Morgan fingerprint density at radius 2 is 2.15 bits per heavy atom. The van der Waals surface area contributed by atoms with E-state index in [2.05, 4.69) is 4.74 Å². The Morgan fingerprint density at radius 3 is 2.65 bits per heavy atom. The molecule has 1 aromatic carbocycles. The molecule has 0 aliphatic heterocycles. The maximum absolute atomic E-state index is 12.7. The Hall–Kier alpha value is -2.00. The zero-order chi connectivity index (χ0) is 15.3. The second-order valence-electron chi connectivity index (χ2n) is 3.60. The summed E-state index contributed by atoms with van der Waals surface area (Å²) in [6, 6.07) is 4.79. The van der Waals surface area contributed by atoms with Crippen LogP contribution in [0.4, 0.5) is 13.2 Å². The van der Waals surface area contributed by atoms with Crippen molar-refractivity contribution in [1.29, 1.82) is 5.26 Å². The number of carbonyl (C=O) groups excluding carboxylic acids is 1. The van der Waals surface area contributed by atoms with Gasteiger partial charge in [0.2, 0.25) is 0 Å². The Labute approximate surface area is 118 Å². The maximum atomic E-state index is 12.7. The van der Waals surface area contributed by atoms with Gasteiger partial charge in [0.1, 0.15) is 11.6 Å². The molecule has 0 fully saturated rings. The molecular formula is C13H9ClF3NO2. The van der Waals surface area contributed by atoms with Gasteiger partial charge in [-0.2, -0.15) is 18.4 Å². The van der Waals surface area contributed by atoms with E-state index < -0.39 is 28.3 Å². The summed E-state index contributed by atoms with van der Waals surface area (Å²) in [6.45, 7) is 1.60. The lowest BCUT2D eigenvalue weighted by molar-refractivity contribution is -0.138. The fourth-order valence-corrected chi connectivity index (χ4v) is 1.67. The molecule has 106 valence electrons. The van der Waals surface area contributed by atoms with Crippen molar-refractivity contribution in [2.24, 2.45) is 0 Å². The van der Waals surface area contributed by atoms with E-state index in [1.165, 1.54) is 6.07 Å². The predicted octanol–water partition coefficient (Wildman–Crippen LogP) is 3.83. The monoisotopic (exact) mass is 303 g/mol. The van der Waals surface area contributed by atoms with Crippen LogP contribution in [-0.4, -0.2) is 12.6 Å². The minimum absolute atomic E-state index is 0.0498. The molecule has 1 aromatic rings. The first-order valence-electron chi connectivity index (χ1n) is 5.45. The summed E-state index contributed by atoms with van der Waals surface area (Å²) >= 11 is 5.65. The second-order valence-corrected chi connectivity index (χ2v) is 3.97. The highest BCUT2D eigenvalue weighted by Gasteiger charge is 2.33. The van der Waals surface area contributed by atoms with E-state index in [1.807, 2.05) is 0 Å². The Balaban J connectivity index is 3.28. The van der Waals surface area contributed by atoms with Gasteiger partial charge in [-0.3, -0.25) is 0 Å². The van der Waals surface area contributed by atoms with Crippen molar-refractivity contribution in [3.05, 3.63) is 39.9 Å². The van der Waals surface area contributed by atoms with Gasteiger partial charge in [0.05, 0.1) is 17.2 Å². The van der Waals surface area contributed by atoms with Gasteiger partial charge in [0, 0.05) is 0 Å². The Morgan fingerprint density at radius 1 is 1.50 bits per heavy atom. The summed E-state index contributed by atoms with van der Waals surface area (Å²) in [5, 5.41) is 8.25. The molecule has 0 aliphatic carbocycles. The van der Waals surface area contributed by atoms with Gasteiger partial charge in [-0.1, -0.05) is 23.7 Å². The van der Waals surface area contributed by atoms with Gasteiger partial charge in [-0.15, -0.1) is 0 Å². The number of esters is 1. The third-order valence-corrected chi connectivity index (χ3v) is 2.67. The molecule has 0 unspecified atom stereocenters. The largest absolute Gasteiger partial charge is 0.462 e. The van der Waals surface area contributed by atoms with Gasteiger partial charge >= 0.3 is 12.1 Å². The van der Waals surface area contributed by atoms with Gasteiger partial charge in [-0.25, -0.2) is 4.79 Å². The van der Waals surface area contributed by atoms with Crippen molar-refractivity contribution < 1.29 is 22.7 Å². The van der Waals surface area contributed by atoms with Crippen molar-refractivity contribution in [2.75, 3.05) is 6.61 Å². The van der Waals surface area contributed by atoms with Gasteiger partial charge < -0.3 is 4.74 Å². The average Bonchev–Trinajstić information content (AvgIpc) is 2.36. The van der Waals surface area contributed by atoms with Crippen molar-refractivity contribution in [1.82, 2.24) is 0 Å². The van der Waals surface area contributed by atoms with Gasteiger partial charge in [0.15, 0.2) is 0 Å². The molecule has 0 atom stereocenters. The molecule has 0 bridgehead atoms. The van der Waals surface area contributed by atoms with E-state index in [1.54, 1.807) is 13.0 Å². The van der Waals surface area contributed by atoms with Crippen LogP contribution < -0.4 is 0 Å². The van der Waals surface area contributed by atoms with E-state index >= 15 is 0 Å². The summed E-state index contributed by atoms with van der Waals surface area (Å²) < 4.78 is 42.6. The lowest BCUT2D eigenvalue weighted by Gasteiger charge is -2.10. The summed E-state index contributed by atoms with van der Waals surface area (Å²) in [5.74, 6) is -0.913. The number of hydrogen-bond donors (Lipinski definition) is 0. The molecule has 0 N–H and O–H groups in total. The molecule has 0 saturated carbocycles. The standard InChI is InChI=1S/C13H9ClF3NO2/c1-2-20-12(19)9(7-18)6-8-4-3-5-10(11(8)14)13(15,16)17/h3-6H,2H2,1H3. The normalized spacial score (nSPS) is 11.9. The number of carbonyl (C=O) groups is 1. The molecular weight excluding hydrogens is 295 g/mol. The van der Waals surface area contributed by atoms with E-state index in [0.29, 0.717) is 0 Å². The van der Waals surface area contributed by atoms with E-state index in [9.17, 15) is 18.0 Å². The van der Waals surface area contributed by atoms with Crippen LogP contribution in [0.1, 0.15) is 18.1 Å². The number of nitriles is 1. The van der Waals surface area contributed by atoms with E-state index in [0.717, 1.165) is 18.2 Å². The summed E-state index contributed by atoms with van der Waals surface area (Å²) in [5.41, 5.74) is -1.53. The van der Waals surface area contributed by atoms with Crippen LogP contribution in [0.5, 0.6) is 0 Å². The third-order valence-electron chi connectivity index (χ3n) is 2.25. The van der Waals surface area contributed by atoms with Crippen LogP contribution in [0.2, 0.25) is 5.02 Å². The Bertz CT molecular complexity index is 588. The van der Waals surface area contributed by atoms with E-state index in [-0.39, 0.29) is 12.2 Å². The van der Waals surface area contributed by atoms with Crippen LogP contribution in [-0.2, 0) is 15.7 Å². The topological polar surface area (TPSA) is 50.1 Å². The highest BCUT2D eigenvalue weighted by Crippen LogP contribution is 2.36. The number of benzene rings is 1. The van der Waals surface area contributed by atoms with Crippen LogP contribution in [0.25, 0.3) is 6.08 Å². The molecule has 0 aromatic heterocycles. The lowest BCUT2D eigenvalue weighted by Crippen LogP contribution is -2.08. The number of ether oxygens (including phenoxy) is 1. The average molecular weight is 304 g/mol. The quantitative estimate of drug-likeness (QED) is 0.484. The number of alkyl halides is 3. The Kier molecular flexibility index (Phi) is 5.17. The summed E-state index contributed by atoms with van der Waals surface area (Å²) in [4.78, 5) is 11.4. The molecule has 7 heteroatoms. The molecule has 1 rings (SSSR count). The van der Waals surface area contributed by atoms with Gasteiger partial charge in [0.25, 0.3) is 0 Å². The molecule has 0 amide bonds. The number of nitrogens with zero attached hydrogens (tertiary/aromatic N) is 1. The van der Waals surface area contributed by atoms with Crippen molar-refractivity contribution in [3.8, 4) is 6.07 Å². The fraction of sp³-hybridized carbons (Fsp3) is 0.231. The smallest absolute Gasteiger partial charge is 0.417 e. The molecule has 20 heavy (non-hydrogen) atoms. The van der Waals surface area contributed by atoms with Crippen molar-refractivity contribution in [3.63, 3.8) is 0 Å². The highest BCUT2D eigenvalue weighted by atomic mass is 35.5. The second kappa shape index (κ2) is 6.44. The highest BCUT2D eigenvalue weighted by molar-refractivity contribution is 6.33. The molecule has 0 spiro atoms.